The third kappa shape index (κ3) is 4.07. The number of nitrogens with zero attached hydrogens (tertiary/aromatic N) is 4. The zero-order chi connectivity index (χ0) is 26.2. The van der Waals surface area contributed by atoms with E-state index in [-0.39, 0.29) is 12.1 Å². The van der Waals surface area contributed by atoms with Gasteiger partial charge in [0.25, 0.3) is 0 Å². The van der Waals surface area contributed by atoms with E-state index in [4.69, 9.17) is 16.7 Å². The van der Waals surface area contributed by atoms with E-state index in [0.29, 0.717) is 17.3 Å². The molecule has 38 heavy (non-hydrogen) atoms. The fourth-order valence-electron chi connectivity index (χ4n) is 5.26. The minimum absolute atomic E-state index is 0.195. The fraction of sp³-hybridized carbons (Fsp3) is 0.161. The molecule has 0 aliphatic carbocycles. The number of fused-ring (bicyclic) bond motifs is 3. The normalized spacial score (nSPS) is 14.5. The number of anilines is 1. The lowest BCUT2D eigenvalue weighted by Gasteiger charge is -2.31. The maximum Gasteiger partial charge on any atom is 0.322 e. The molecule has 190 valence electrons. The van der Waals surface area contributed by atoms with Crippen molar-refractivity contribution in [3.8, 4) is 11.5 Å². The van der Waals surface area contributed by atoms with Gasteiger partial charge in [0.15, 0.2) is 0 Å². The third-order valence-electron chi connectivity index (χ3n) is 7.19. The first-order valence-electron chi connectivity index (χ1n) is 12.8. The van der Waals surface area contributed by atoms with Gasteiger partial charge in [0.2, 0.25) is 0 Å². The number of carbonyl (C=O) groups excluding carboxylic acids is 1. The van der Waals surface area contributed by atoms with Gasteiger partial charge in [0.05, 0.1) is 29.7 Å². The van der Waals surface area contributed by atoms with Gasteiger partial charge in [0, 0.05) is 22.5 Å². The SMILES string of the molecule is CCc1nn(-c2ccccc2)c2c1CN(C(=O)Nc1cccc(Cl)c1C)[C@H](c1ccccc1)c1cccn1-2. The van der Waals surface area contributed by atoms with Gasteiger partial charge in [0.1, 0.15) is 5.82 Å². The maximum atomic E-state index is 14.1. The number of urea groups is 1. The number of carbonyl (C=O) groups is 1. The average Bonchev–Trinajstić information content (AvgIpc) is 3.53. The van der Waals surface area contributed by atoms with Crippen molar-refractivity contribution < 1.29 is 4.79 Å². The van der Waals surface area contributed by atoms with Crippen LogP contribution in [0.1, 0.15) is 41.0 Å². The van der Waals surface area contributed by atoms with Crippen LogP contribution in [0.4, 0.5) is 10.5 Å². The Bertz CT molecular complexity index is 1610. The molecule has 1 N–H and O–H groups in total. The molecule has 0 spiro atoms. The molecule has 7 heteroatoms. The Balaban J connectivity index is 1.55. The van der Waals surface area contributed by atoms with Gasteiger partial charge in [-0.1, -0.05) is 73.1 Å². The number of amides is 2. The lowest BCUT2D eigenvalue weighted by Crippen LogP contribution is -2.38. The maximum absolute atomic E-state index is 14.1. The summed E-state index contributed by atoms with van der Waals surface area (Å²) in [7, 11) is 0. The molecular weight excluding hydrogens is 494 g/mol. The average molecular weight is 522 g/mol. The monoisotopic (exact) mass is 521 g/mol. The number of benzene rings is 3. The van der Waals surface area contributed by atoms with Gasteiger partial charge in [-0.25, -0.2) is 9.48 Å². The number of aryl methyl sites for hydroxylation is 1. The van der Waals surface area contributed by atoms with Crippen LogP contribution in [0, 0.1) is 6.92 Å². The number of halogens is 1. The molecule has 0 radical (unpaired) electrons. The number of rotatable bonds is 4. The van der Waals surface area contributed by atoms with E-state index >= 15 is 0 Å². The van der Waals surface area contributed by atoms with Crippen molar-refractivity contribution in [2.45, 2.75) is 32.9 Å². The van der Waals surface area contributed by atoms with Crippen LogP contribution in [-0.4, -0.2) is 25.3 Å². The Labute approximate surface area is 227 Å². The highest BCUT2D eigenvalue weighted by atomic mass is 35.5. The molecule has 5 aromatic rings. The number of para-hydroxylation sites is 1. The lowest BCUT2D eigenvalue weighted by molar-refractivity contribution is 0.194. The van der Waals surface area contributed by atoms with Crippen molar-refractivity contribution in [2.75, 3.05) is 5.32 Å². The minimum Gasteiger partial charge on any atom is -0.307 e. The second kappa shape index (κ2) is 9.88. The van der Waals surface area contributed by atoms with Crippen molar-refractivity contribution in [3.63, 3.8) is 0 Å². The summed E-state index contributed by atoms with van der Waals surface area (Å²) in [5, 5.41) is 8.78. The molecule has 1 atom stereocenters. The summed E-state index contributed by atoms with van der Waals surface area (Å²) >= 11 is 6.37. The van der Waals surface area contributed by atoms with Crippen LogP contribution in [-0.2, 0) is 13.0 Å². The molecule has 6 rings (SSSR count). The molecule has 6 nitrogen and oxygen atoms in total. The summed E-state index contributed by atoms with van der Waals surface area (Å²) in [5.74, 6) is 0.961. The molecule has 0 saturated carbocycles. The quantitative estimate of drug-likeness (QED) is 0.269. The van der Waals surface area contributed by atoms with E-state index in [1.165, 1.54) is 0 Å². The molecule has 1 aliphatic rings. The summed E-state index contributed by atoms with van der Waals surface area (Å²) in [6.45, 7) is 4.42. The largest absolute Gasteiger partial charge is 0.322 e. The van der Waals surface area contributed by atoms with Crippen LogP contribution in [0.3, 0.4) is 0 Å². The van der Waals surface area contributed by atoms with E-state index in [0.717, 1.165) is 46.0 Å². The van der Waals surface area contributed by atoms with Gasteiger partial charge in [-0.15, -0.1) is 0 Å². The van der Waals surface area contributed by atoms with Crippen molar-refractivity contribution in [1.29, 1.82) is 0 Å². The van der Waals surface area contributed by atoms with Gasteiger partial charge in [-0.3, -0.25) is 0 Å². The van der Waals surface area contributed by atoms with Crippen LogP contribution in [0.5, 0.6) is 0 Å². The van der Waals surface area contributed by atoms with Crippen LogP contribution in [0.2, 0.25) is 5.02 Å². The summed E-state index contributed by atoms with van der Waals surface area (Å²) < 4.78 is 4.19. The minimum atomic E-state index is -0.313. The Hall–Kier alpha value is -4.29. The highest BCUT2D eigenvalue weighted by molar-refractivity contribution is 6.31. The highest BCUT2D eigenvalue weighted by Gasteiger charge is 2.36. The van der Waals surface area contributed by atoms with E-state index < -0.39 is 0 Å². The standard InChI is InChI=1S/C31H28ClN5O/c1-3-26-24-20-36(31(38)33-27-17-10-16-25(32)21(27)2)29(22-12-6-4-7-13-22)28-18-11-19-35(28)30(24)37(34-26)23-14-8-5-9-15-23/h4-19,29H,3,20H2,1-2H3,(H,33,38)/t29-/m1/s1. The topological polar surface area (TPSA) is 55.1 Å². The Morgan fingerprint density at radius 3 is 2.45 bits per heavy atom. The van der Waals surface area contributed by atoms with Crippen LogP contribution in [0.15, 0.2) is 97.2 Å². The molecule has 0 bridgehead atoms. The Morgan fingerprint density at radius 2 is 1.71 bits per heavy atom. The van der Waals surface area contributed by atoms with E-state index in [2.05, 4.69) is 53.3 Å². The first-order chi connectivity index (χ1) is 18.6. The third-order valence-corrected chi connectivity index (χ3v) is 7.60. The first kappa shape index (κ1) is 24.1. The number of aromatic nitrogens is 3. The summed E-state index contributed by atoms with van der Waals surface area (Å²) in [6, 6.07) is 29.5. The highest BCUT2D eigenvalue weighted by Crippen LogP contribution is 2.39. The van der Waals surface area contributed by atoms with Crippen molar-refractivity contribution in [2.24, 2.45) is 0 Å². The molecule has 1 aliphatic heterocycles. The Morgan fingerprint density at radius 1 is 0.974 bits per heavy atom. The molecule has 2 aromatic heterocycles. The second-order valence-corrected chi connectivity index (χ2v) is 9.84. The summed E-state index contributed by atoms with van der Waals surface area (Å²) in [4.78, 5) is 16.0. The van der Waals surface area contributed by atoms with Gasteiger partial charge < -0.3 is 14.8 Å². The van der Waals surface area contributed by atoms with Crippen LogP contribution >= 0.6 is 11.6 Å². The number of nitrogens with one attached hydrogen (secondary N) is 1. The first-order valence-corrected chi connectivity index (χ1v) is 13.2. The number of hydrogen-bond donors (Lipinski definition) is 1. The molecule has 3 heterocycles. The van der Waals surface area contributed by atoms with Gasteiger partial charge in [-0.05, 0) is 60.9 Å². The Kier molecular flexibility index (Phi) is 6.26. The smallest absolute Gasteiger partial charge is 0.307 e. The number of hydrogen-bond acceptors (Lipinski definition) is 2. The zero-order valence-electron chi connectivity index (χ0n) is 21.3. The van der Waals surface area contributed by atoms with E-state index in [1.54, 1.807) is 0 Å². The predicted molar refractivity (Wildman–Crippen MR) is 151 cm³/mol. The van der Waals surface area contributed by atoms with E-state index in [9.17, 15) is 4.79 Å². The lowest BCUT2D eigenvalue weighted by atomic mass is 10.0. The van der Waals surface area contributed by atoms with Crippen molar-refractivity contribution >= 4 is 23.3 Å². The van der Waals surface area contributed by atoms with Crippen molar-refractivity contribution in [1.82, 2.24) is 19.2 Å². The van der Waals surface area contributed by atoms with Gasteiger partial charge in [-0.2, -0.15) is 5.10 Å². The van der Waals surface area contributed by atoms with Crippen molar-refractivity contribution in [3.05, 3.63) is 130 Å². The zero-order valence-corrected chi connectivity index (χ0v) is 22.1. The molecule has 0 saturated heterocycles. The predicted octanol–water partition coefficient (Wildman–Crippen LogP) is 7.32. The second-order valence-electron chi connectivity index (χ2n) is 9.44. The molecule has 0 unspecified atom stereocenters. The van der Waals surface area contributed by atoms with Crippen LogP contribution < -0.4 is 5.32 Å². The van der Waals surface area contributed by atoms with E-state index in [1.807, 2.05) is 77.2 Å². The molecule has 3 aromatic carbocycles. The molecular formula is C31H28ClN5O. The fourth-order valence-corrected chi connectivity index (χ4v) is 5.44. The van der Waals surface area contributed by atoms with Crippen LogP contribution in [0.25, 0.3) is 11.5 Å². The summed E-state index contributed by atoms with van der Waals surface area (Å²) in [5.41, 5.74) is 6.54. The van der Waals surface area contributed by atoms with Gasteiger partial charge >= 0.3 is 6.03 Å². The molecule has 0 fully saturated rings. The summed E-state index contributed by atoms with van der Waals surface area (Å²) in [6.07, 6.45) is 2.81. The molecule has 2 amide bonds.